The SMILES string of the molecule is O=C[C@@H]1CC[C@@H]2CCCC[C@H](NC(=O)I)C(=O)N21. The Hall–Kier alpha value is -0.660. The standard InChI is InChI=1S/C12H17IN2O3/c13-12(18)14-10-4-2-1-3-8-5-6-9(7-16)15(8)11(10)17/h7-10H,1-6H2,(H,14,18)/t8-,9-,10-/m0/s1. The third kappa shape index (κ3) is 2.84. The molecule has 0 bridgehead atoms. The lowest BCUT2D eigenvalue weighted by atomic mass is 9.99. The molecule has 2 fully saturated rings. The highest BCUT2D eigenvalue weighted by Gasteiger charge is 2.40. The maximum atomic E-state index is 12.4. The van der Waals surface area contributed by atoms with Crippen LogP contribution in [-0.4, -0.2) is 39.1 Å². The summed E-state index contributed by atoms with van der Waals surface area (Å²) in [5.41, 5.74) is 0. The van der Waals surface area contributed by atoms with Crippen LogP contribution in [0, 0.1) is 0 Å². The van der Waals surface area contributed by atoms with Crippen LogP contribution in [0.2, 0.25) is 0 Å². The van der Waals surface area contributed by atoms with Crippen molar-refractivity contribution in [2.45, 2.75) is 56.7 Å². The van der Waals surface area contributed by atoms with Gasteiger partial charge in [0.15, 0.2) is 0 Å². The number of aldehydes is 1. The van der Waals surface area contributed by atoms with Crippen molar-refractivity contribution in [1.29, 1.82) is 0 Å². The van der Waals surface area contributed by atoms with Gasteiger partial charge in [-0.1, -0.05) is 12.8 Å². The fourth-order valence-corrected chi connectivity index (χ4v) is 3.35. The van der Waals surface area contributed by atoms with Gasteiger partial charge in [-0.05, 0) is 25.7 Å². The Kier molecular flexibility index (Phi) is 4.58. The molecule has 2 heterocycles. The van der Waals surface area contributed by atoms with Gasteiger partial charge in [-0.3, -0.25) is 9.59 Å². The Morgan fingerprint density at radius 3 is 2.67 bits per heavy atom. The first kappa shape index (κ1) is 13.8. The molecule has 0 saturated carbocycles. The third-order valence-electron chi connectivity index (χ3n) is 3.82. The molecule has 2 amide bonds. The Labute approximate surface area is 120 Å². The van der Waals surface area contributed by atoms with Gasteiger partial charge in [0.25, 0.3) is 3.91 Å². The molecule has 0 radical (unpaired) electrons. The topological polar surface area (TPSA) is 66.5 Å². The van der Waals surface area contributed by atoms with Crippen LogP contribution in [-0.2, 0) is 9.59 Å². The van der Waals surface area contributed by atoms with E-state index in [9.17, 15) is 14.4 Å². The zero-order valence-electron chi connectivity index (χ0n) is 10.1. The van der Waals surface area contributed by atoms with Crippen LogP contribution >= 0.6 is 22.6 Å². The molecule has 0 aromatic heterocycles. The zero-order valence-corrected chi connectivity index (χ0v) is 12.3. The van der Waals surface area contributed by atoms with E-state index >= 15 is 0 Å². The average molecular weight is 364 g/mol. The van der Waals surface area contributed by atoms with Crippen molar-refractivity contribution in [3.05, 3.63) is 0 Å². The molecule has 2 saturated heterocycles. The smallest absolute Gasteiger partial charge is 0.281 e. The van der Waals surface area contributed by atoms with Crippen LogP contribution in [0.1, 0.15) is 38.5 Å². The van der Waals surface area contributed by atoms with Crippen molar-refractivity contribution in [3.8, 4) is 0 Å². The highest BCUT2D eigenvalue weighted by molar-refractivity contribution is 14.1. The van der Waals surface area contributed by atoms with Crippen molar-refractivity contribution in [2.24, 2.45) is 0 Å². The second-order valence-corrected chi connectivity index (χ2v) is 5.91. The van der Waals surface area contributed by atoms with E-state index in [0.29, 0.717) is 6.42 Å². The van der Waals surface area contributed by atoms with E-state index in [4.69, 9.17) is 0 Å². The van der Waals surface area contributed by atoms with Crippen molar-refractivity contribution in [3.63, 3.8) is 0 Å². The lowest BCUT2D eigenvalue weighted by Crippen LogP contribution is -2.52. The van der Waals surface area contributed by atoms with Gasteiger partial charge in [0.2, 0.25) is 5.91 Å². The predicted octanol–water partition coefficient (Wildman–Crippen LogP) is 1.63. The number of nitrogens with one attached hydrogen (secondary N) is 1. The van der Waals surface area contributed by atoms with Crippen LogP contribution < -0.4 is 5.32 Å². The minimum atomic E-state index is -0.460. The first-order valence-corrected chi connectivity index (χ1v) is 7.45. The molecule has 2 aliphatic rings. The average Bonchev–Trinajstić information content (AvgIpc) is 2.72. The second-order valence-electron chi connectivity index (χ2n) is 4.94. The summed E-state index contributed by atoms with van der Waals surface area (Å²) in [6.07, 6.45) is 6.16. The molecule has 0 aromatic carbocycles. The maximum absolute atomic E-state index is 12.4. The first-order valence-electron chi connectivity index (χ1n) is 6.37. The van der Waals surface area contributed by atoms with Crippen molar-refractivity contribution < 1.29 is 14.4 Å². The van der Waals surface area contributed by atoms with Crippen molar-refractivity contribution in [2.75, 3.05) is 0 Å². The number of rotatable bonds is 2. The zero-order chi connectivity index (χ0) is 13.1. The summed E-state index contributed by atoms with van der Waals surface area (Å²) in [5, 5.41) is 2.70. The Morgan fingerprint density at radius 1 is 1.28 bits per heavy atom. The van der Waals surface area contributed by atoms with E-state index in [1.807, 2.05) is 0 Å². The molecular formula is C12H17IN2O3. The van der Waals surface area contributed by atoms with E-state index in [1.54, 1.807) is 27.5 Å². The summed E-state index contributed by atoms with van der Waals surface area (Å²) in [4.78, 5) is 36.3. The number of nitrogens with zero attached hydrogens (tertiary/aromatic N) is 1. The summed E-state index contributed by atoms with van der Waals surface area (Å²) in [7, 11) is 0. The minimum absolute atomic E-state index is 0.0840. The lowest BCUT2D eigenvalue weighted by Gasteiger charge is -2.33. The molecule has 0 aliphatic carbocycles. The van der Waals surface area contributed by atoms with Gasteiger partial charge in [-0.15, -0.1) is 0 Å². The van der Waals surface area contributed by atoms with Crippen molar-refractivity contribution in [1.82, 2.24) is 10.2 Å². The Bertz CT molecular complexity index is 361. The predicted molar refractivity (Wildman–Crippen MR) is 74.5 cm³/mol. The quantitative estimate of drug-likeness (QED) is 0.351. The Balaban J connectivity index is 2.17. The third-order valence-corrected chi connectivity index (χ3v) is 4.14. The number of hydrogen-bond acceptors (Lipinski definition) is 3. The molecule has 0 spiro atoms. The second kappa shape index (κ2) is 5.99. The van der Waals surface area contributed by atoms with Crippen LogP contribution in [0.5, 0.6) is 0 Å². The van der Waals surface area contributed by atoms with Gasteiger partial charge in [-0.25, -0.2) is 0 Å². The number of fused-ring (bicyclic) bond motifs is 1. The molecule has 100 valence electrons. The molecule has 1 N–H and O–H groups in total. The summed E-state index contributed by atoms with van der Waals surface area (Å²) < 4.78 is -0.218. The maximum Gasteiger partial charge on any atom is 0.281 e. The van der Waals surface area contributed by atoms with Crippen LogP contribution in [0.25, 0.3) is 0 Å². The number of carbonyl (C=O) groups excluding carboxylic acids is 3. The van der Waals surface area contributed by atoms with Crippen LogP contribution in [0.3, 0.4) is 0 Å². The van der Waals surface area contributed by atoms with Gasteiger partial charge >= 0.3 is 0 Å². The molecule has 3 atom stereocenters. The van der Waals surface area contributed by atoms with Crippen LogP contribution in [0.15, 0.2) is 0 Å². The molecule has 6 heteroatoms. The molecule has 0 unspecified atom stereocenters. The lowest BCUT2D eigenvalue weighted by molar-refractivity contribution is -0.139. The molecule has 18 heavy (non-hydrogen) atoms. The van der Waals surface area contributed by atoms with Gasteiger partial charge in [0.05, 0.1) is 6.04 Å². The normalized spacial score (nSPS) is 32.4. The van der Waals surface area contributed by atoms with E-state index in [0.717, 1.165) is 38.4 Å². The summed E-state index contributed by atoms with van der Waals surface area (Å²) >= 11 is 1.64. The van der Waals surface area contributed by atoms with Crippen molar-refractivity contribution >= 4 is 38.7 Å². The molecule has 0 aromatic rings. The van der Waals surface area contributed by atoms with E-state index in [1.165, 1.54) is 0 Å². The number of amides is 2. The van der Waals surface area contributed by atoms with E-state index in [2.05, 4.69) is 5.32 Å². The van der Waals surface area contributed by atoms with Gasteiger partial charge in [0, 0.05) is 28.6 Å². The van der Waals surface area contributed by atoms with Gasteiger partial charge < -0.3 is 15.0 Å². The summed E-state index contributed by atoms with van der Waals surface area (Å²) in [5.74, 6) is -0.0840. The molecule has 2 rings (SSSR count). The summed E-state index contributed by atoms with van der Waals surface area (Å²) in [6, 6.07) is -0.575. The van der Waals surface area contributed by atoms with Crippen LogP contribution in [0.4, 0.5) is 4.79 Å². The largest absolute Gasteiger partial charge is 0.336 e. The van der Waals surface area contributed by atoms with E-state index < -0.39 is 6.04 Å². The summed E-state index contributed by atoms with van der Waals surface area (Å²) in [6.45, 7) is 0. The number of carbonyl (C=O) groups is 3. The highest BCUT2D eigenvalue weighted by atomic mass is 127. The van der Waals surface area contributed by atoms with Gasteiger partial charge in [0.1, 0.15) is 12.3 Å². The molecule has 2 aliphatic heterocycles. The number of hydrogen-bond donors (Lipinski definition) is 1. The monoisotopic (exact) mass is 364 g/mol. The fraction of sp³-hybridized carbons (Fsp3) is 0.750. The fourth-order valence-electron chi connectivity index (χ4n) is 2.98. The highest BCUT2D eigenvalue weighted by Crippen LogP contribution is 2.30. The van der Waals surface area contributed by atoms with Gasteiger partial charge in [-0.2, -0.15) is 0 Å². The molecule has 5 nitrogen and oxygen atoms in total. The minimum Gasteiger partial charge on any atom is -0.336 e. The van der Waals surface area contributed by atoms with E-state index in [-0.39, 0.29) is 21.9 Å². The number of halogens is 1. The Morgan fingerprint density at radius 2 is 2.00 bits per heavy atom. The molecular weight excluding hydrogens is 347 g/mol. The first-order chi connectivity index (χ1) is 8.63.